The summed E-state index contributed by atoms with van der Waals surface area (Å²) in [5, 5.41) is 7.95. The molecule has 3 aliphatic rings. The number of rotatable bonds is 10. The van der Waals surface area contributed by atoms with Gasteiger partial charge in [0, 0.05) is 9.82 Å². The average molecular weight is 437 g/mol. The molecule has 0 radical (unpaired) electrons. The summed E-state index contributed by atoms with van der Waals surface area (Å²) in [5.41, 5.74) is 18.3. The van der Waals surface area contributed by atoms with Crippen LogP contribution in [-0.4, -0.2) is 55.5 Å². The SMILES string of the molecule is CC1(C)O[C@H]([C@H](COC2CCCCC2)N=[N+]=[N-])[C@@H]([C@H](COC2CCCCC2)N=[N+]=[N-])O1. The van der Waals surface area contributed by atoms with Crippen molar-refractivity contribution < 1.29 is 18.9 Å². The van der Waals surface area contributed by atoms with Crippen LogP contribution in [0.25, 0.3) is 20.9 Å². The number of ether oxygens (including phenoxy) is 4. The van der Waals surface area contributed by atoms with Crippen molar-refractivity contribution in [3.05, 3.63) is 20.9 Å². The number of hydrogen-bond donors (Lipinski definition) is 0. The molecule has 10 nitrogen and oxygen atoms in total. The maximum Gasteiger partial charge on any atom is 0.163 e. The maximum absolute atomic E-state index is 9.17. The Morgan fingerprint density at radius 2 is 1.16 bits per heavy atom. The van der Waals surface area contributed by atoms with Gasteiger partial charge in [-0.1, -0.05) is 48.8 Å². The molecule has 0 unspecified atom stereocenters. The van der Waals surface area contributed by atoms with Gasteiger partial charge in [0.25, 0.3) is 0 Å². The summed E-state index contributed by atoms with van der Waals surface area (Å²) in [6, 6.07) is -1.16. The molecule has 1 saturated heterocycles. The molecule has 3 rings (SSSR count). The Balaban J connectivity index is 1.69. The van der Waals surface area contributed by atoms with Gasteiger partial charge in [0.05, 0.1) is 49.7 Å². The number of nitrogens with zero attached hydrogens (tertiary/aromatic N) is 6. The fraction of sp³-hybridized carbons (Fsp3) is 1.00. The zero-order chi connectivity index (χ0) is 22.1. The van der Waals surface area contributed by atoms with E-state index < -0.39 is 30.1 Å². The van der Waals surface area contributed by atoms with Crippen LogP contribution in [0.5, 0.6) is 0 Å². The van der Waals surface area contributed by atoms with Crippen molar-refractivity contribution in [3.8, 4) is 0 Å². The third-order valence-electron chi connectivity index (χ3n) is 6.43. The van der Waals surface area contributed by atoms with Gasteiger partial charge in [-0.25, -0.2) is 0 Å². The molecule has 4 atom stereocenters. The van der Waals surface area contributed by atoms with Gasteiger partial charge in [0.15, 0.2) is 5.79 Å². The zero-order valence-electron chi connectivity index (χ0n) is 18.8. The maximum atomic E-state index is 9.17. The minimum Gasteiger partial charge on any atom is -0.378 e. The van der Waals surface area contributed by atoms with Gasteiger partial charge in [-0.3, -0.25) is 0 Å². The van der Waals surface area contributed by atoms with Crippen molar-refractivity contribution in [3.63, 3.8) is 0 Å². The molecule has 3 fully saturated rings. The summed E-state index contributed by atoms with van der Waals surface area (Å²) in [4.78, 5) is 6.05. The average Bonchev–Trinajstić information content (AvgIpc) is 3.10. The molecule has 1 heterocycles. The summed E-state index contributed by atoms with van der Waals surface area (Å²) in [7, 11) is 0. The first-order chi connectivity index (χ1) is 15.0. The van der Waals surface area contributed by atoms with Crippen LogP contribution in [0.4, 0.5) is 0 Å². The molecule has 1 aliphatic heterocycles. The molecule has 2 saturated carbocycles. The van der Waals surface area contributed by atoms with Crippen molar-refractivity contribution in [1.82, 2.24) is 0 Å². The van der Waals surface area contributed by atoms with Crippen LogP contribution in [0, 0.1) is 0 Å². The fourth-order valence-electron chi connectivity index (χ4n) is 4.87. The Kier molecular flexibility index (Phi) is 9.26. The second-order valence-corrected chi connectivity index (χ2v) is 9.30. The van der Waals surface area contributed by atoms with E-state index in [2.05, 4.69) is 20.1 Å². The van der Waals surface area contributed by atoms with Gasteiger partial charge in [0.2, 0.25) is 0 Å². The third-order valence-corrected chi connectivity index (χ3v) is 6.43. The summed E-state index contributed by atoms with van der Waals surface area (Å²) in [6.07, 6.45) is 10.4. The molecule has 31 heavy (non-hydrogen) atoms. The molecular formula is C21H36N6O4. The lowest BCUT2D eigenvalue weighted by atomic mass is 9.97. The minimum absolute atomic E-state index is 0.182. The molecule has 10 heteroatoms. The Bertz CT molecular complexity index is 598. The second kappa shape index (κ2) is 11.9. The molecule has 0 spiro atoms. The molecule has 0 N–H and O–H groups in total. The molecule has 0 aromatic carbocycles. The van der Waals surface area contributed by atoms with Crippen LogP contribution in [0.2, 0.25) is 0 Å². The fourth-order valence-corrected chi connectivity index (χ4v) is 4.87. The van der Waals surface area contributed by atoms with E-state index in [0.717, 1.165) is 51.4 Å². The standard InChI is InChI=1S/C21H36N6O4/c1-21(2)30-19(17(24-26-22)13-28-15-9-5-3-6-10-15)20(31-21)18(25-27-23)14-29-16-11-7-4-8-12-16/h15-20H,3-14H2,1-2H3/t17-,18-,19+,20+/m0/s1. The van der Waals surface area contributed by atoms with Crippen LogP contribution in [0.1, 0.15) is 78.1 Å². The quantitative estimate of drug-likeness (QED) is 0.251. The van der Waals surface area contributed by atoms with Crippen LogP contribution >= 0.6 is 0 Å². The van der Waals surface area contributed by atoms with E-state index in [1.54, 1.807) is 0 Å². The first kappa shape index (κ1) is 24.1. The highest BCUT2D eigenvalue weighted by atomic mass is 16.8. The monoisotopic (exact) mass is 436 g/mol. The van der Waals surface area contributed by atoms with Crippen molar-refractivity contribution >= 4 is 0 Å². The molecule has 2 aliphatic carbocycles. The van der Waals surface area contributed by atoms with Gasteiger partial charge in [0.1, 0.15) is 0 Å². The van der Waals surface area contributed by atoms with Gasteiger partial charge in [-0.2, -0.15) is 0 Å². The predicted molar refractivity (Wildman–Crippen MR) is 115 cm³/mol. The Morgan fingerprint density at radius 1 is 0.774 bits per heavy atom. The summed E-state index contributed by atoms with van der Waals surface area (Å²) >= 11 is 0. The summed E-state index contributed by atoms with van der Waals surface area (Å²) < 4.78 is 24.4. The van der Waals surface area contributed by atoms with E-state index >= 15 is 0 Å². The highest BCUT2D eigenvalue weighted by molar-refractivity contribution is 4.97. The Morgan fingerprint density at radius 3 is 1.52 bits per heavy atom. The molecule has 0 bridgehead atoms. The normalized spacial score (nSPS) is 29.0. The second-order valence-electron chi connectivity index (χ2n) is 9.30. The first-order valence-electron chi connectivity index (χ1n) is 11.7. The van der Waals surface area contributed by atoms with Crippen molar-refractivity contribution in [1.29, 1.82) is 0 Å². The van der Waals surface area contributed by atoms with Crippen LogP contribution in [0.15, 0.2) is 10.2 Å². The van der Waals surface area contributed by atoms with Crippen LogP contribution in [-0.2, 0) is 18.9 Å². The number of azide groups is 2. The van der Waals surface area contributed by atoms with Crippen LogP contribution < -0.4 is 0 Å². The van der Waals surface area contributed by atoms with E-state index in [4.69, 9.17) is 30.0 Å². The lowest BCUT2D eigenvalue weighted by Gasteiger charge is -2.30. The lowest BCUT2D eigenvalue weighted by Crippen LogP contribution is -2.45. The highest BCUT2D eigenvalue weighted by Crippen LogP contribution is 2.35. The van der Waals surface area contributed by atoms with Crippen LogP contribution in [0.3, 0.4) is 0 Å². The molecule has 0 aromatic rings. The highest BCUT2D eigenvalue weighted by Gasteiger charge is 2.48. The van der Waals surface area contributed by atoms with Gasteiger partial charge >= 0.3 is 0 Å². The molecular weight excluding hydrogens is 400 g/mol. The smallest absolute Gasteiger partial charge is 0.163 e. The Hall–Kier alpha value is -1.54. The molecule has 0 aromatic heterocycles. The predicted octanol–water partition coefficient (Wildman–Crippen LogP) is 5.56. The Labute approximate surface area is 184 Å². The molecule has 0 amide bonds. The largest absolute Gasteiger partial charge is 0.378 e. The lowest BCUT2D eigenvalue weighted by molar-refractivity contribution is -0.152. The van der Waals surface area contributed by atoms with Crippen molar-refractivity contribution in [2.75, 3.05) is 13.2 Å². The van der Waals surface area contributed by atoms with E-state index in [1.165, 1.54) is 12.8 Å². The number of hydrogen-bond acceptors (Lipinski definition) is 6. The minimum atomic E-state index is -0.891. The van der Waals surface area contributed by atoms with Gasteiger partial charge in [-0.05, 0) is 50.6 Å². The van der Waals surface area contributed by atoms with Gasteiger partial charge in [-0.15, -0.1) is 0 Å². The van der Waals surface area contributed by atoms with E-state index in [9.17, 15) is 0 Å². The summed E-state index contributed by atoms with van der Waals surface area (Å²) in [5.74, 6) is -0.891. The van der Waals surface area contributed by atoms with E-state index in [0.29, 0.717) is 0 Å². The topological polar surface area (TPSA) is 134 Å². The van der Waals surface area contributed by atoms with E-state index in [-0.39, 0.29) is 25.4 Å². The zero-order valence-corrected chi connectivity index (χ0v) is 18.8. The van der Waals surface area contributed by atoms with Crippen molar-refractivity contribution in [2.45, 2.75) is 120 Å². The van der Waals surface area contributed by atoms with E-state index in [1.807, 2.05) is 13.8 Å². The van der Waals surface area contributed by atoms with Gasteiger partial charge < -0.3 is 18.9 Å². The van der Waals surface area contributed by atoms with Crippen molar-refractivity contribution in [2.24, 2.45) is 10.2 Å². The molecule has 174 valence electrons. The third kappa shape index (κ3) is 7.24. The summed E-state index contributed by atoms with van der Waals surface area (Å²) in [6.45, 7) is 4.12. The first-order valence-corrected chi connectivity index (χ1v) is 11.7.